The van der Waals surface area contributed by atoms with Crippen LogP contribution in [0.3, 0.4) is 0 Å². The fourth-order valence-electron chi connectivity index (χ4n) is 3.06. The fraction of sp³-hybridized carbons (Fsp3) is 0.0385. The maximum atomic E-state index is 13.2. The van der Waals surface area contributed by atoms with Crippen molar-refractivity contribution in [3.05, 3.63) is 115 Å². The highest BCUT2D eigenvalue weighted by Gasteiger charge is 2.22. The Morgan fingerprint density at radius 1 is 0.774 bits per heavy atom. The van der Waals surface area contributed by atoms with Gasteiger partial charge in [-0.1, -0.05) is 54.6 Å². The number of nitrogens with one attached hydrogen (secondary N) is 1. The first-order valence-electron chi connectivity index (χ1n) is 9.88. The highest BCUT2D eigenvalue weighted by molar-refractivity contribution is 8.00. The van der Waals surface area contributed by atoms with Gasteiger partial charge in [0.25, 0.3) is 0 Å². The molecule has 4 nitrogen and oxygen atoms in total. The van der Waals surface area contributed by atoms with Crippen LogP contribution in [0.1, 0.15) is 10.8 Å². The SMILES string of the molecule is Nc1cccc(SC(C(=O)Nc2ccc(Oc3ccccc3)cc2)c2ccccc2)c1. The van der Waals surface area contributed by atoms with Gasteiger partial charge in [0, 0.05) is 16.3 Å². The van der Waals surface area contributed by atoms with Gasteiger partial charge in [-0.15, -0.1) is 11.8 Å². The molecule has 0 radical (unpaired) electrons. The molecule has 5 heteroatoms. The number of para-hydroxylation sites is 1. The molecule has 31 heavy (non-hydrogen) atoms. The van der Waals surface area contributed by atoms with Crippen LogP contribution in [0.4, 0.5) is 11.4 Å². The second kappa shape index (κ2) is 9.87. The van der Waals surface area contributed by atoms with Crippen LogP contribution in [-0.2, 0) is 4.79 Å². The minimum atomic E-state index is -0.414. The van der Waals surface area contributed by atoms with E-state index >= 15 is 0 Å². The van der Waals surface area contributed by atoms with Gasteiger partial charge < -0.3 is 15.8 Å². The van der Waals surface area contributed by atoms with Gasteiger partial charge in [0.05, 0.1) is 0 Å². The Balaban J connectivity index is 1.49. The zero-order valence-electron chi connectivity index (χ0n) is 16.8. The molecule has 0 saturated carbocycles. The van der Waals surface area contributed by atoms with Gasteiger partial charge in [-0.25, -0.2) is 0 Å². The first-order valence-corrected chi connectivity index (χ1v) is 10.8. The zero-order valence-corrected chi connectivity index (χ0v) is 17.6. The predicted octanol–water partition coefficient (Wildman–Crippen LogP) is 6.53. The Hall–Kier alpha value is -3.70. The number of nitrogen functional groups attached to an aromatic ring is 1. The van der Waals surface area contributed by atoms with E-state index in [-0.39, 0.29) is 5.91 Å². The molecule has 4 aromatic carbocycles. The topological polar surface area (TPSA) is 64.4 Å². The molecule has 3 N–H and O–H groups in total. The van der Waals surface area contributed by atoms with Crippen LogP contribution in [0.25, 0.3) is 0 Å². The van der Waals surface area contributed by atoms with Crippen molar-refractivity contribution in [2.75, 3.05) is 11.1 Å². The number of benzene rings is 4. The normalized spacial score (nSPS) is 11.5. The zero-order chi connectivity index (χ0) is 21.5. The third-order valence-electron chi connectivity index (χ3n) is 4.55. The Bertz CT molecular complexity index is 1130. The Labute approximate surface area is 186 Å². The molecular formula is C26H22N2O2S. The molecule has 0 aliphatic carbocycles. The Morgan fingerprint density at radius 3 is 2.10 bits per heavy atom. The average Bonchev–Trinajstić information content (AvgIpc) is 2.80. The molecule has 0 aliphatic heterocycles. The van der Waals surface area contributed by atoms with Crippen LogP contribution in [0.15, 0.2) is 114 Å². The lowest BCUT2D eigenvalue weighted by atomic mass is 10.1. The van der Waals surface area contributed by atoms with Gasteiger partial charge >= 0.3 is 0 Å². The molecule has 4 aromatic rings. The van der Waals surface area contributed by atoms with Crippen molar-refractivity contribution in [1.29, 1.82) is 0 Å². The number of amides is 1. The molecule has 1 atom stereocenters. The molecule has 0 fully saturated rings. The summed E-state index contributed by atoms with van der Waals surface area (Å²) in [6.45, 7) is 0. The monoisotopic (exact) mass is 426 g/mol. The van der Waals surface area contributed by atoms with E-state index in [0.717, 1.165) is 16.2 Å². The number of ether oxygens (including phenoxy) is 1. The molecule has 4 rings (SSSR count). The Kier molecular flexibility index (Phi) is 6.55. The lowest BCUT2D eigenvalue weighted by molar-refractivity contribution is -0.115. The third kappa shape index (κ3) is 5.68. The molecule has 0 spiro atoms. The van der Waals surface area contributed by atoms with Crippen LogP contribution in [0, 0.1) is 0 Å². The molecule has 0 saturated heterocycles. The number of hydrogen-bond acceptors (Lipinski definition) is 4. The smallest absolute Gasteiger partial charge is 0.242 e. The summed E-state index contributed by atoms with van der Waals surface area (Å²) in [4.78, 5) is 14.1. The second-order valence-corrected chi connectivity index (χ2v) is 8.09. The predicted molar refractivity (Wildman–Crippen MR) is 127 cm³/mol. The summed E-state index contributed by atoms with van der Waals surface area (Å²) in [7, 11) is 0. The largest absolute Gasteiger partial charge is 0.457 e. The quantitative estimate of drug-likeness (QED) is 0.260. The molecule has 0 bridgehead atoms. The van der Waals surface area contributed by atoms with Crippen molar-refractivity contribution < 1.29 is 9.53 Å². The highest BCUT2D eigenvalue weighted by atomic mass is 32.2. The number of nitrogens with two attached hydrogens (primary N) is 1. The second-order valence-electron chi connectivity index (χ2n) is 6.91. The van der Waals surface area contributed by atoms with Crippen LogP contribution >= 0.6 is 11.8 Å². The van der Waals surface area contributed by atoms with E-state index in [2.05, 4.69) is 5.32 Å². The molecule has 0 heterocycles. The van der Waals surface area contributed by atoms with Gasteiger partial charge in [-0.2, -0.15) is 0 Å². The minimum absolute atomic E-state index is 0.102. The highest BCUT2D eigenvalue weighted by Crippen LogP contribution is 2.37. The summed E-state index contributed by atoms with van der Waals surface area (Å²) in [5, 5.41) is 2.61. The molecule has 0 aromatic heterocycles. The fourth-order valence-corrected chi connectivity index (χ4v) is 4.16. The maximum Gasteiger partial charge on any atom is 0.242 e. The number of carbonyl (C=O) groups excluding carboxylic acids is 1. The molecule has 1 amide bonds. The summed E-state index contributed by atoms with van der Waals surface area (Å²) in [6, 6.07) is 34.2. The van der Waals surface area contributed by atoms with Crippen LogP contribution < -0.4 is 15.8 Å². The lowest BCUT2D eigenvalue weighted by Gasteiger charge is -2.17. The Morgan fingerprint density at radius 2 is 1.42 bits per heavy atom. The van der Waals surface area contributed by atoms with Crippen molar-refractivity contribution in [1.82, 2.24) is 0 Å². The summed E-state index contributed by atoms with van der Waals surface area (Å²) in [6.07, 6.45) is 0. The van der Waals surface area contributed by atoms with Crippen molar-refractivity contribution in [2.45, 2.75) is 10.1 Å². The van der Waals surface area contributed by atoms with E-state index in [4.69, 9.17) is 10.5 Å². The molecule has 0 aliphatic rings. The van der Waals surface area contributed by atoms with E-state index in [1.165, 1.54) is 11.8 Å². The van der Waals surface area contributed by atoms with Crippen LogP contribution in [0.5, 0.6) is 11.5 Å². The number of thioether (sulfide) groups is 1. The van der Waals surface area contributed by atoms with Crippen molar-refractivity contribution in [2.24, 2.45) is 0 Å². The summed E-state index contributed by atoms with van der Waals surface area (Å²) < 4.78 is 5.82. The van der Waals surface area contributed by atoms with Gasteiger partial charge in [-0.3, -0.25) is 4.79 Å². The lowest BCUT2D eigenvalue weighted by Crippen LogP contribution is -2.19. The van der Waals surface area contributed by atoms with E-state index < -0.39 is 5.25 Å². The van der Waals surface area contributed by atoms with Crippen molar-refractivity contribution in [3.8, 4) is 11.5 Å². The first-order chi connectivity index (χ1) is 15.2. The summed E-state index contributed by atoms with van der Waals surface area (Å²) >= 11 is 1.47. The number of carbonyl (C=O) groups is 1. The van der Waals surface area contributed by atoms with Gasteiger partial charge in [0.1, 0.15) is 16.7 Å². The first kappa shape index (κ1) is 20.6. The van der Waals surface area contributed by atoms with Crippen molar-refractivity contribution >= 4 is 29.0 Å². The van der Waals surface area contributed by atoms with Gasteiger partial charge in [-0.05, 0) is 60.2 Å². The van der Waals surface area contributed by atoms with E-state index in [0.29, 0.717) is 17.1 Å². The number of anilines is 2. The standard InChI is InChI=1S/C26H22N2O2S/c27-20-10-7-13-24(18-20)31-25(19-8-3-1-4-9-19)26(29)28-21-14-16-23(17-15-21)30-22-11-5-2-6-12-22/h1-18,25H,27H2,(H,28,29). The number of hydrogen-bond donors (Lipinski definition) is 2. The molecular weight excluding hydrogens is 404 g/mol. The number of rotatable bonds is 7. The van der Waals surface area contributed by atoms with E-state index in [9.17, 15) is 4.79 Å². The molecule has 154 valence electrons. The molecule has 1 unspecified atom stereocenters. The van der Waals surface area contributed by atoms with E-state index in [1.807, 2.05) is 109 Å². The van der Waals surface area contributed by atoms with Gasteiger partial charge in [0.15, 0.2) is 0 Å². The van der Waals surface area contributed by atoms with Gasteiger partial charge in [0.2, 0.25) is 5.91 Å². The maximum absolute atomic E-state index is 13.2. The van der Waals surface area contributed by atoms with Crippen molar-refractivity contribution in [3.63, 3.8) is 0 Å². The van der Waals surface area contributed by atoms with Crippen LogP contribution in [-0.4, -0.2) is 5.91 Å². The summed E-state index contributed by atoms with van der Waals surface area (Å²) in [5.74, 6) is 1.37. The summed E-state index contributed by atoms with van der Waals surface area (Å²) in [5.41, 5.74) is 8.22. The van der Waals surface area contributed by atoms with Crippen LogP contribution in [0.2, 0.25) is 0 Å². The third-order valence-corrected chi connectivity index (χ3v) is 5.80. The minimum Gasteiger partial charge on any atom is -0.457 e. The average molecular weight is 427 g/mol. The van der Waals surface area contributed by atoms with E-state index in [1.54, 1.807) is 0 Å².